The highest BCUT2D eigenvalue weighted by atomic mass is 79.9. The first kappa shape index (κ1) is 15.7. The summed E-state index contributed by atoms with van der Waals surface area (Å²) in [6.07, 6.45) is 0. The van der Waals surface area contributed by atoms with Gasteiger partial charge in [0.25, 0.3) is 0 Å². The first-order valence-electron chi connectivity index (χ1n) is 6.52. The quantitative estimate of drug-likeness (QED) is 0.779. The lowest BCUT2D eigenvalue weighted by Gasteiger charge is -2.29. The molecule has 2 unspecified atom stereocenters. The molecule has 0 heterocycles. The minimum Gasteiger partial charge on any atom is -0.311 e. The minimum atomic E-state index is 0.175. The van der Waals surface area contributed by atoms with Crippen LogP contribution in [0.2, 0.25) is 0 Å². The van der Waals surface area contributed by atoms with Crippen LogP contribution in [0.4, 0.5) is 0 Å². The molecule has 4 heteroatoms. The highest BCUT2D eigenvalue weighted by Gasteiger charge is 2.24. The largest absolute Gasteiger partial charge is 0.311 e. The van der Waals surface area contributed by atoms with E-state index < -0.39 is 0 Å². The van der Waals surface area contributed by atoms with Crippen LogP contribution in [0, 0.1) is 0 Å². The Kier molecular flexibility index (Phi) is 5.78. The zero-order valence-electron chi connectivity index (χ0n) is 11.5. The van der Waals surface area contributed by atoms with Crippen molar-refractivity contribution in [2.45, 2.75) is 12.1 Å². The third kappa shape index (κ3) is 3.31. The van der Waals surface area contributed by atoms with Crippen molar-refractivity contribution in [2.75, 3.05) is 14.1 Å². The molecule has 106 valence electrons. The van der Waals surface area contributed by atoms with Crippen LogP contribution < -0.4 is 10.6 Å². The number of benzene rings is 2. The molecule has 0 saturated carbocycles. The normalized spacial score (nSPS) is 14.0. The summed E-state index contributed by atoms with van der Waals surface area (Å²) in [4.78, 5) is 0. The monoisotopic (exact) mass is 396 g/mol. The Morgan fingerprint density at radius 2 is 1.05 bits per heavy atom. The maximum absolute atomic E-state index is 3.65. The molecule has 0 aromatic heterocycles. The predicted molar refractivity (Wildman–Crippen MR) is 91.9 cm³/mol. The van der Waals surface area contributed by atoms with Crippen LogP contribution in [0.15, 0.2) is 57.5 Å². The molecule has 20 heavy (non-hydrogen) atoms. The Morgan fingerprint density at radius 1 is 0.700 bits per heavy atom. The summed E-state index contributed by atoms with van der Waals surface area (Å²) >= 11 is 7.29. The van der Waals surface area contributed by atoms with E-state index in [9.17, 15) is 0 Å². The van der Waals surface area contributed by atoms with E-state index in [0.717, 1.165) is 8.95 Å². The number of likely N-dealkylation sites (N-methyl/N-ethyl adjacent to an activating group) is 2. The van der Waals surface area contributed by atoms with Gasteiger partial charge in [-0.25, -0.2) is 0 Å². The van der Waals surface area contributed by atoms with Gasteiger partial charge in [-0.3, -0.25) is 0 Å². The number of hydrogen-bond acceptors (Lipinski definition) is 2. The summed E-state index contributed by atoms with van der Waals surface area (Å²) < 4.78 is 2.23. The molecular weight excluding hydrogens is 380 g/mol. The molecule has 0 bridgehead atoms. The van der Waals surface area contributed by atoms with Gasteiger partial charge >= 0.3 is 0 Å². The Hall–Kier alpha value is -0.680. The van der Waals surface area contributed by atoms with Crippen LogP contribution in [0.3, 0.4) is 0 Å². The summed E-state index contributed by atoms with van der Waals surface area (Å²) in [6.45, 7) is 0. The molecule has 0 amide bonds. The molecule has 0 saturated heterocycles. The second kappa shape index (κ2) is 7.36. The van der Waals surface area contributed by atoms with Crippen LogP contribution in [-0.2, 0) is 0 Å². The first-order valence-corrected chi connectivity index (χ1v) is 8.11. The molecule has 0 aliphatic rings. The molecule has 2 aromatic carbocycles. The van der Waals surface area contributed by atoms with Crippen LogP contribution in [0.5, 0.6) is 0 Å². The second-order valence-electron chi connectivity index (χ2n) is 4.58. The number of nitrogens with one attached hydrogen (secondary N) is 2. The number of hydrogen-bond donors (Lipinski definition) is 2. The maximum atomic E-state index is 3.65. The van der Waals surface area contributed by atoms with E-state index in [2.05, 4.69) is 78.9 Å². The summed E-state index contributed by atoms with van der Waals surface area (Å²) in [5.74, 6) is 0. The van der Waals surface area contributed by atoms with Gasteiger partial charge in [-0.05, 0) is 37.4 Å². The molecule has 0 aliphatic heterocycles. The third-order valence-corrected chi connectivity index (χ3v) is 4.88. The van der Waals surface area contributed by atoms with Crippen LogP contribution >= 0.6 is 31.9 Å². The van der Waals surface area contributed by atoms with E-state index in [1.165, 1.54) is 11.1 Å². The van der Waals surface area contributed by atoms with Crippen molar-refractivity contribution in [3.63, 3.8) is 0 Å². The Labute approximate surface area is 137 Å². The fraction of sp³-hybridized carbons (Fsp3) is 0.250. The first-order chi connectivity index (χ1) is 9.69. The highest BCUT2D eigenvalue weighted by molar-refractivity contribution is 9.10. The lowest BCUT2D eigenvalue weighted by atomic mass is 9.93. The van der Waals surface area contributed by atoms with E-state index in [1.807, 2.05) is 26.2 Å². The molecule has 0 radical (unpaired) electrons. The van der Waals surface area contributed by atoms with E-state index in [0.29, 0.717) is 0 Å². The van der Waals surface area contributed by atoms with Crippen molar-refractivity contribution < 1.29 is 0 Å². The van der Waals surface area contributed by atoms with E-state index in [-0.39, 0.29) is 12.1 Å². The lowest BCUT2D eigenvalue weighted by molar-refractivity contribution is 0.430. The summed E-state index contributed by atoms with van der Waals surface area (Å²) in [5.41, 5.74) is 2.48. The predicted octanol–water partition coefficient (Wildman–Crippen LogP) is 4.43. The molecule has 0 spiro atoms. The van der Waals surface area contributed by atoms with Gasteiger partial charge in [-0.15, -0.1) is 0 Å². The van der Waals surface area contributed by atoms with Crippen molar-refractivity contribution in [3.05, 3.63) is 68.6 Å². The molecule has 2 nitrogen and oxygen atoms in total. The summed E-state index contributed by atoms with van der Waals surface area (Å²) in [7, 11) is 3.98. The maximum Gasteiger partial charge on any atom is 0.0527 e. The SMILES string of the molecule is CNC(c1ccccc1Br)C(NC)c1ccccc1Br. The molecule has 0 fully saturated rings. The smallest absolute Gasteiger partial charge is 0.0527 e. The molecule has 0 aliphatic carbocycles. The number of halogens is 2. The fourth-order valence-corrected chi connectivity index (χ4v) is 3.52. The molecule has 2 atom stereocenters. The molecular formula is C16H18Br2N2. The van der Waals surface area contributed by atoms with E-state index >= 15 is 0 Å². The van der Waals surface area contributed by atoms with Crippen molar-refractivity contribution in [1.29, 1.82) is 0 Å². The summed E-state index contributed by atoms with van der Waals surface area (Å²) in [6, 6.07) is 17.0. The second-order valence-corrected chi connectivity index (χ2v) is 6.28. The molecule has 2 rings (SSSR count). The van der Waals surface area contributed by atoms with Crippen molar-refractivity contribution in [3.8, 4) is 0 Å². The zero-order chi connectivity index (χ0) is 14.5. The van der Waals surface area contributed by atoms with Crippen LogP contribution in [-0.4, -0.2) is 14.1 Å². The zero-order valence-corrected chi connectivity index (χ0v) is 14.7. The van der Waals surface area contributed by atoms with Gasteiger partial charge in [0.2, 0.25) is 0 Å². The lowest BCUT2D eigenvalue weighted by Crippen LogP contribution is -2.32. The van der Waals surface area contributed by atoms with Gasteiger partial charge in [-0.2, -0.15) is 0 Å². The van der Waals surface area contributed by atoms with Crippen molar-refractivity contribution >= 4 is 31.9 Å². The minimum absolute atomic E-state index is 0.175. The Bertz CT molecular complexity index is 520. The third-order valence-electron chi connectivity index (χ3n) is 3.44. The Balaban J connectivity index is 2.44. The van der Waals surface area contributed by atoms with Gasteiger partial charge < -0.3 is 10.6 Å². The summed E-state index contributed by atoms with van der Waals surface area (Å²) in [5, 5.41) is 6.85. The van der Waals surface area contributed by atoms with Gasteiger partial charge in [0, 0.05) is 8.95 Å². The van der Waals surface area contributed by atoms with E-state index in [1.54, 1.807) is 0 Å². The standard InChI is InChI=1S/C16H18Br2N2/c1-19-15(11-7-3-5-9-13(11)17)16(20-2)12-8-4-6-10-14(12)18/h3-10,15-16,19-20H,1-2H3. The number of rotatable bonds is 5. The highest BCUT2D eigenvalue weighted by Crippen LogP contribution is 2.35. The van der Waals surface area contributed by atoms with Gasteiger partial charge in [0.1, 0.15) is 0 Å². The average Bonchev–Trinajstić information content (AvgIpc) is 2.47. The Morgan fingerprint density at radius 3 is 1.35 bits per heavy atom. The van der Waals surface area contributed by atoms with E-state index in [4.69, 9.17) is 0 Å². The van der Waals surface area contributed by atoms with Crippen molar-refractivity contribution in [2.24, 2.45) is 0 Å². The van der Waals surface area contributed by atoms with Crippen LogP contribution in [0.25, 0.3) is 0 Å². The van der Waals surface area contributed by atoms with Gasteiger partial charge in [0.15, 0.2) is 0 Å². The molecule has 2 aromatic rings. The van der Waals surface area contributed by atoms with Gasteiger partial charge in [0.05, 0.1) is 12.1 Å². The topological polar surface area (TPSA) is 24.1 Å². The average molecular weight is 398 g/mol. The van der Waals surface area contributed by atoms with Crippen LogP contribution in [0.1, 0.15) is 23.2 Å². The van der Waals surface area contributed by atoms with Crippen molar-refractivity contribution in [1.82, 2.24) is 10.6 Å². The molecule has 2 N–H and O–H groups in total. The fourth-order valence-electron chi connectivity index (χ4n) is 2.46. The van der Waals surface area contributed by atoms with Gasteiger partial charge in [-0.1, -0.05) is 68.3 Å².